The molecule has 6 nitrogen and oxygen atoms in total. The number of aromatic nitrogens is 2. The van der Waals surface area contributed by atoms with E-state index in [0.29, 0.717) is 11.1 Å². The number of hydrogen-bond donors (Lipinski definition) is 1. The number of fused-ring (bicyclic) bond motifs is 3. The SMILES string of the molecule is COC(=O)c1ccc(-c2cnc3[nH]c4ccc(C(=O)OC)cc4c3c2-c2ccccc2)cc1. The molecule has 0 radical (unpaired) electrons. The van der Waals surface area contributed by atoms with Crippen molar-refractivity contribution in [2.75, 3.05) is 14.2 Å². The Hall–Kier alpha value is -4.45. The summed E-state index contributed by atoms with van der Waals surface area (Å²) in [6.07, 6.45) is 1.83. The first-order chi connectivity index (χ1) is 16.1. The van der Waals surface area contributed by atoms with Crippen molar-refractivity contribution < 1.29 is 19.1 Å². The van der Waals surface area contributed by atoms with Gasteiger partial charge >= 0.3 is 11.9 Å². The van der Waals surface area contributed by atoms with Crippen molar-refractivity contribution in [3.8, 4) is 22.3 Å². The zero-order valence-corrected chi connectivity index (χ0v) is 18.1. The van der Waals surface area contributed by atoms with Crippen LogP contribution in [0.2, 0.25) is 0 Å². The monoisotopic (exact) mass is 436 g/mol. The molecule has 2 aromatic heterocycles. The number of aromatic amines is 1. The Bertz CT molecular complexity index is 1500. The van der Waals surface area contributed by atoms with Gasteiger partial charge in [0.1, 0.15) is 5.65 Å². The van der Waals surface area contributed by atoms with Gasteiger partial charge in [-0.05, 0) is 41.5 Å². The second kappa shape index (κ2) is 8.24. The van der Waals surface area contributed by atoms with Gasteiger partial charge in [0.25, 0.3) is 0 Å². The summed E-state index contributed by atoms with van der Waals surface area (Å²) in [4.78, 5) is 32.1. The lowest BCUT2D eigenvalue weighted by atomic mass is 9.92. The van der Waals surface area contributed by atoms with Crippen LogP contribution < -0.4 is 0 Å². The fraction of sp³-hybridized carbons (Fsp3) is 0.0741. The van der Waals surface area contributed by atoms with Gasteiger partial charge in [-0.2, -0.15) is 0 Å². The first-order valence-electron chi connectivity index (χ1n) is 10.4. The second-order valence-electron chi connectivity index (χ2n) is 7.58. The number of methoxy groups -OCH3 is 2. The van der Waals surface area contributed by atoms with Gasteiger partial charge in [-0.1, -0.05) is 42.5 Å². The molecule has 33 heavy (non-hydrogen) atoms. The lowest BCUT2D eigenvalue weighted by molar-refractivity contribution is 0.0592. The van der Waals surface area contributed by atoms with Crippen molar-refractivity contribution in [1.82, 2.24) is 9.97 Å². The van der Waals surface area contributed by atoms with E-state index in [9.17, 15) is 9.59 Å². The standard InChI is InChI=1S/C27H20N2O4/c1-32-26(30)18-10-8-16(9-11-18)21-15-28-25-24(23(21)17-6-4-3-5-7-17)20-14-19(27(31)33-2)12-13-22(20)29-25/h3-15H,1-2H3,(H,28,29). The molecule has 0 saturated heterocycles. The Morgan fingerprint density at radius 2 is 1.45 bits per heavy atom. The third kappa shape index (κ3) is 3.51. The van der Waals surface area contributed by atoms with Crippen LogP contribution in [-0.4, -0.2) is 36.1 Å². The molecule has 1 N–H and O–H groups in total. The van der Waals surface area contributed by atoms with Crippen molar-refractivity contribution in [3.63, 3.8) is 0 Å². The minimum absolute atomic E-state index is 0.384. The van der Waals surface area contributed by atoms with Crippen LogP contribution in [-0.2, 0) is 9.47 Å². The van der Waals surface area contributed by atoms with Crippen molar-refractivity contribution in [3.05, 3.63) is 90.1 Å². The van der Waals surface area contributed by atoms with Crippen LogP contribution in [0, 0.1) is 0 Å². The van der Waals surface area contributed by atoms with E-state index in [2.05, 4.69) is 9.97 Å². The summed E-state index contributed by atoms with van der Waals surface area (Å²) in [6.45, 7) is 0. The number of nitrogens with zero attached hydrogens (tertiary/aromatic N) is 1. The maximum absolute atomic E-state index is 12.2. The average Bonchev–Trinajstić information content (AvgIpc) is 3.25. The summed E-state index contributed by atoms with van der Waals surface area (Å²) in [5.74, 6) is -0.777. The fourth-order valence-electron chi connectivity index (χ4n) is 4.13. The average molecular weight is 436 g/mol. The number of esters is 2. The molecule has 0 unspecified atom stereocenters. The molecule has 0 spiro atoms. The molecule has 6 heteroatoms. The summed E-state index contributed by atoms with van der Waals surface area (Å²) in [7, 11) is 2.73. The molecule has 3 aromatic carbocycles. The minimum Gasteiger partial charge on any atom is -0.465 e. The third-order valence-electron chi connectivity index (χ3n) is 5.72. The largest absolute Gasteiger partial charge is 0.465 e. The molecule has 0 saturated carbocycles. The van der Waals surface area contributed by atoms with E-state index < -0.39 is 5.97 Å². The molecule has 5 rings (SSSR count). The minimum atomic E-state index is -0.393. The van der Waals surface area contributed by atoms with Crippen molar-refractivity contribution >= 4 is 33.9 Å². The van der Waals surface area contributed by atoms with E-state index in [1.165, 1.54) is 14.2 Å². The first-order valence-corrected chi connectivity index (χ1v) is 10.4. The number of carbonyl (C=O) groups is 2. The summed E-state index contributed by atoms with van der Waals surface area (Å²) in [6, 6.07) is 22.7. The van der Waals surface area contributed by atoms with Crippen LogP contribution in [0.1, 0.15) is 20.7 Å². The molecule has 0 bridgehead atoms. The molecule has 0 aliphatic carbocycles. The third-order valence-corrected chi connectivity index (χ3v) is 5.72. The highest BCUT2D eigenvalue weighted by atomic mass is 16.5. The van der Waals surface area contributed by atoms with Gasteiger partial charge < -0.3 is 14.5 Å². The number of pyridine rings is 1. The topological polar surface area (TPSA) is 81.3 Å². The highest BCUT2D eigenvalue weighted by Crippen LogP contribution is 2.40. The normalized spacial score (nSPS) is 11.0. The molecule has 0 fully saturated rings. The second-order valence-corrected chi connectivity index (χ2v) is 7.58. The number of ether oxygens (including phenoxy) is 2. The van der Waals surface area contributed by atoms with Gasteiger partial charge in [-0.15, -0.1) is 0 Å². The summed E-state index contributed by atoms with van der Waals surface area (Å²) < 4.78 is 9.74. The molecule has 0 amide bonds. The summed E-state index contributed by atoms with van der Waals surface area (Å²) in [5.41, 5.74) is 6.37. The van der Waals surface area contributed by atoms with Crippen LogP contribution >= 0.6 is 0 Å². The van der Waals surface area contributed by atoms with Crippen molar-refractivity contribution in [2.45, 2.75) is 0 Å². The summed E-state index contributed by atoms with van der Waals surface area (Å²) >= 11 is 0. The molecule has 5 aromatic rings. The Morgan fingerprint density at radius 3 is 2.15 bits per heavy atom. The molecular formula is C27H20N2O4. The fourth-order valence-corrected chi connectivity index (χ4v) is 4.13. The highest BCUT2D eigenvalue weighted by molar-refractivity contribution is 6.17. The zero-order chi connectivity index (χ0) is 22.9. The van der Waals surface area contributed by atoms with Gasteiger partial charge in [0.05, 0.1) is 25.3 Å². The van der Waals surface area contributed by atoms with E-state index in [1.54, 1.807) is 18.2 Å². The number of benzene rings is 3. The zero-order valence-electron chi connectivity index (χ0n) is 18.1. The quantitative estimate of drug-likeness (QED) is 0.370. The molecule has 2 heterocycles. The highest BCUT2D eigenvalue weighted by Gasteiger charge is 2.19. The van der Waals surface area contributed by atoms with Gasteiger partial charge in [0.2, 0.25) is 0 Å². The first kappa shape index (κ1) is 20.5. The molecule has 162 valence electrons. The molecule has 0 aliphatic rings. The predicted molar refractivity (Wildman–Crippen MR) is 127 cm³/mol. The Labute approximate surface area is 189 Å². The van der Waals surface area contributed by atoms with Crippen LogP contribution in [0.4, 0.5) is 0 Å². The van der Waals surface area contributed by atoms with Crippen LogP contribution in [0.5, 0.6) is 0 Å². The van der Waals surface area contributed by atoms with Crippen LogP contribution in [0.3, 0.4) is 0 Å². The molecular weight excluding hydrogens is 416 g/mol. The lowest BCUT2D eigenvalue weighted by Crippen LogP contribution is -2.00. The smallest absolute Gasteiger partial charge is 0.337 e. The van der Waals surface area contributed by atoms with Gasteiger partial charge in [-0.25, -0.2) is 14.6 Å². The van der Waals surface area contributed by atoms with Crippen LogP contribution in [0.15, 0.2) is 79.0 Å². The van der Waals surface area contributed by atoms with E-state index >= 15 is 0 Å². The van der Waals surface area contributed by atoms with Gasteiger partial charge in [0, 0.05) is 33.6 Å². The van der Waals surface area contributed by atoms with Crippen molar-refractivity contribution in [1.29, 1.82) is 0 Å². The Kier molecular flexibility index (Phi) is 5.11. The molecule has 0 atom stereocenters. The Morgan fingerprint density at radius 1 is 0.788 bits per heavy atom. The maximum Gasteiger partial charge on any atom is 0.337 e. The van der Waals surface area contributed by atoms with Crippen molar-refractivity contribution in [2.24, 2.45) is 0 Å². The van der Waals surface area contributed by atoms with Gasteiger partial charge in [-0.3, -0.25) is 0 Å². The lowest BCUT2D eigenvalue weighted by Gasteiger charge is -2.12. The molecule has 0 aliphatic heterocycles. The number of nitrogens with one attached hydrogen (secondary N) is 1. The maximum atomic E-state index is 12.2. The summed E-state index contributed by atoms with van der Waals surface area (Å²) in [5, 5.41) is 1.80. The number of carbonyl (C=O) groups excluding carboxylic acids is 2. The van der Waals surface area contributed by atoms with E-state index in [4.69, 9.17) is 9.47 Å². The Balaban J connectivity index is 1.82. The van der Waals surface area contributed by atoms with Gasteiger partial charge in [0.15, 0.2) is 0 Å². The predicted octanol–water partition coefficient (Wildman–Crippen LogP) is 5.62. The van der Waals surface area contributed by atoms with E-state index in [0.717, 1.165) is 44.2 Å². The van der Waals surface area contributed by atoms with E-state index in [1.807, 2.05) is 60.8 Å². The number of hydrogen-bond acceptors (Lipinski definition) is 5. The van der Waals surface area contributed by atoms with Crippen LogP contribution in [0.25, 0.3) is 44.2 Å². The van der Waals surface area contributed by atoms with E-state index in [-0.39, 0.29) is 5.97 Å². The number of H-pyrrole nitrogens is 1. The number of rotatable bonds is 4.